The first-order valence-corrected chi connectivity index (χ1v) is 6.53. The first-order valence-electron chi connectivity index (χ1n) is 5.58. The lowest BCUT2D eigenvalue weighted by atomic mass is 10.2. The molecule has 2 aromatic heterocycles. The minimum Gasteiger partial charge on any atom is -0.373 e. The number of nitrogens with one attached hydrogen (secondary N) is 2. The van der Waals surface area contributed by atoms with Crippen LogP contribution in [-0.2, 0) is 6.42 Å². The molecule has 5 nitrogen and oxygen atoms in total. The summed E-state index contributed by atoms with van der Waals surface area (Å²) in [6.07, 6.45) is 2.36. The largest absolute Gasteiger partial charge is 0.373 e. The van der Waals surface area contributed by atoms with E-state index < -0.39 is 0 Å². The number of hydrogen-bond donors (Lipinski definition) is 2. The fraction of sp³-hybridized carbons (Fsp3) is 0.250. The van der Waals surface area contributed by atoms with Crippen molar-refractivity contribution >= 4 is 23.1 Å². The Morgan fingerprint density at radius 3 is 3.06 bits per heavy atom. The lowest BCUT2D eigenvalue weighted by molar-refractivity contribution is 0.0954. The van der Waals surface area contributed by atoms with E-state index in [1.54, 1.807) is 42.2 Å². The van der Waals surface area contributed by atoms with Crippen molar-refractivity contribution in [3.05, 3.63) is 40.5 Å². The molecular formula is C12H14N4OS. The second-order valence-corrected chi connectivity index (χ2v) is 4.38. The van der Waals surface area contributed by atoms with Crippen molar-refractivity contribution in [3.8, 4) is 0 Å². The lowest BCUT2D eigenvalue weighted by Gasteiger charge is -2.05. The van der Waals surface area contributed by atoms with E-state index in [-0.39, 0.29) is 5.91 Å². The number of aromatic nitrogens is 2. The highest BCUT2D eigenvalue weighted by atomic mass is 32.1. The first-order chi connectivity index (χ1) is 8.79. The van der Waals surface area contributed by atoms with Crippen molar-refractivity contribution in [2.45, 2.75) is 6.42 Å². The first kappa shape index (κ1) is 12.5. The van der Waals surface area contributed by atoms with Crippen LogP contribution < -0.4 is 10.6 Å². The number of hydrogen-bond acceptors (Lipinski definition) is 5. The molecule has 0 aliphatic heterocycles. The maximum Gasteiger partial charge on any atom is 0.251 e. The molecular weight excluding hydrogens is 248 g/mol. The summed E-state index contributed by atoms with van der Waals surface area (Å²) in [4.78, 5) is 20.1. The second-order valence-electron chi connectivity index (χ2n) is 3.67. The van der Waals surface area contributed by atoms with Gasteiger partial charge in [0.2, 0.25) is 0 Å². The van der Waals surface area contributed by atoms with Crippen LogP contribution in [0.25, 0.3) is 0 Å². The highest BCUT2D eigenvalue weighted by molar-refractivity contribution is 7.07. The summed E-state index contributed by atoms with van der Waals surface area (Å²) in [5.41, 5.74) is 3.40. The SMILES string of the molecule is CNc1cc(C(=O)NCCc2cscn2)ccn1. The fourth-order valence-electron chi connectivity index (χ4n) is 1.48. The van der Waals surface area contributed by atoms with Crippen molar-refractivity contribution in [2.24, 2.45) is 0 Å². The third-order valence-electron chi connectivity index (χ3n) is 2.43. The molecule has 2 N–H and O–H groups in total. The molecule has 2 aromatic rings. The van der Waals surface area contributed by atoms with Crippen LogP contribution in [0.2, 0.25) is 0 Å². The number of carbonyl (C=O) groups is 1. The van der Waals surface area contributed by atoms with Gasteiger partial charge in [0.1, 0.15) is 5.82 Å². The van der Waals surface area contributed by atoms with Gasteiger partial charge in [0.05, 0.1) is 11.2 Å². The van der Waals surface area contributed by atoms with Crippen molar-refractivity contribution in [1.82, 2.24) is 15.3 Å². The lowest BCUT2D eigenvalue weighted by Crippen LogP contribution is -2.25. The molecule has 0 radical (unpaired) electrons. The number of nitrogens with zero attached hydrogens (tertiary/aromatic N) is 2. The molecule has 6 heteroatoms. The summed E-state index contributed by atoms with van der Waals surface area (Å²) in [5, 5.41) is 7.74. The van der Waals surface area contributed by atoms with Crippen LogP contribution in [-0.4, -0.2) is 29.5 Å². The monoisotopic (exact) mass is 262 g/mol. The van der Waals surface area contributed by atoms with Gasteiger partial charge in [-0.3, -0.25) is 4.79 Å². The standard InChI is InChI=1S/C12H14N4OS/c1-13-11-6-9(2-4-14-11)12(17)15-5-3-10-7-18-8-16-10/h2,4,6-8H,3,5H2,1H3,(H,13,14)(H,15,17). The third-order valence-corrected chi connectivity index (χ3v) is 3.06. The van der Waals surface area contributed by atoms with E-state index in [0.29, 0.717) is 17.9 Å². The fourth-order valence-corrected chi connectivity index (χ4v) is 2.07. The predicted octanol–water partition coefficient (Wildman–Crippen LogP) is 1.55. The highest BCUT2D eigenvalue weighted by Crippen LogP contribution is 2.06. The Morgan fingerprint density at radius 1 is 1.44 bits per heavy atom. The van der Waals surface area contributed by atoms with Crippen LogP contribution in [0.4, 0.5) is 5.82 Å². The molecule has 0 saturated carbocycles. The molecule has 0 atom stereocenters. The van der Waals surface area contributed by atoms with E-state index in [0.717, 1.165) is 12.1 Å². The van der Waals surface area contributed by atoms with Gasteiger partial charge < -0.3 is 10.6 Å². The molecule has 0 aromatic carbocycles. The van der Waals surface area contributed by atoms with Crippen LogP contribution >= 0.6 is 11.3 Å². The molecule has 1 amide bonds. The second kappa shape index (κ2) is 6.11. The van der Waals surface area contributed by atoms with Crippen molar-refractivity contribution in [2.75, 3.05) is 18.9 Å². The zero-order chi connectivity index (χ0) is 12.8. The van der Waals surface area contributed by atoms with Gasteiger partial charge in [0, 0.05) is 37.2 Å². The Balaban J connectivity index is 1.87. The van der Waals surface area contributed by atoms with Gasteiger partial charge >= 0.3 is 0 Å². The number of amides is 1. The molecule has 2 heterocycles. The van der Waals surface area contributed by atoms with Crippen LogP contribution in [0.3, 0.4) is 0 Å². The van der Waals surface area contributed by atoms with Crippen molar-refractivity contribution < 1.29 is 4.79 Å². The molecule has 94 valence electrons. The predicted molar refractivity (Wildman–Crippen MR) is 71.9 cm³/mol. The topological polar surface area (TPSA) is 66.9 Å². The van der Waals surface area contributed by atoms with Crippen molar-refractivity contribution in [3.63, 3.8) is 0 Å². The summed E-state index contributed by atoms with van der Waals surface area (Å²) >= 11 is 1.56. The minimum absolute atomic E-state index is 0.0934. The molecule has 0 fully saturated rings. The Hall–Kier alpha value is -1.95. The smallest absolute Gasteiger partial charge is 0.251 e. The molecule has 2 rings (SSSR count). The number of carbonyl (C=O) groups excluding carboxylic acids is 1. The van der Waals surface area contributed by atoms with E-state index >= 15 is 0 Å². The molecule has 0 spiro atoms. The normalized spacial score (nSPS) is 10.1. The molecule has 0 unspecified atom stereocenters. The van der Waals surface area contributed by atoms with E-state index in [1.165, 1.54) is 0 Å². The Morgan fingerprint density at radius 2 is 2.33 bits per heavy atom. The van der Waals surface area contributed by atoms with Crippen LogP contribution in [0.5, 0.6) is 0 Å². The maximum atomic E-state index is 11.9. The summed E-state index contributed by atoms with van der Waals surface area (Å²) in [5.74, 6) is 0.589. The summed E-state index contributed by atoms with van der Waals surface area (Å²) in [7, 11) is 1.77. The van der Waals surface area contributed by atoms with Gasteiger partial charge in [-0.15, -0.1) is 11.3 Å². The van der Waals surface area contributed by atoms with Gasteiger partial charge in [-0.1, -0.05) is 0 Å². The average molecular weight is 262 g/mol. The van der Waals surface area contributed by atoms with E-state index in [4.69, 9.17) is 0 Å². The Labute approximate surface area is 109 Å². The van der Waals surface area contributed by atoms with Gasteiger partial charge in [0.15, 0.2) is 0 Å². The maximum absolute atomic E-state index is 11.9. The van der Waals surface area contributed by atoms with Gasteiger partial charge in [0.25, 0.3) is 5.91 Å². The quantitative estimate of drug-likeness (QED) is 0.858. The van der Waals surface area contributed by atoms with Gasteiger partial charge in [-0.25, -0.2) is 9.97 Å². The van der Waals surface area contributed by atoms with Crippen LogP contribution in [0.15, 0.2) is 29.2 Å². The molecule has 0 saturated heterocycles. The number of thiazole rings is 1. The third kappa shape index (κ3) is 3.27. The minimum atomic E-state index is -0.0934. The van der Waals surface area contributed by atoms with Gasteiger partial charge in [-0.2, -0.15) is 0 Å². The summed E-state index contributed by atoms with van der Waals surface area (Å²) < 4.78 is 0. The zero-order valence-corrected chi connectivity index (χ0v) is 10.8. The molecule has 0 aliphatic carbocycles. The number of anilines is 1. The highest BCUT2D eigenvalue weighted by Gasteiger charge is 2.06. The Bertz CT molecular complexity index is 513. The van der Waals surface area contributed by atoms with Crippen LogP contribution in [0, 0.1) is 0 Å². The zero-order valence-electron chi connectivity index (χ0n) is 10.0. The molecule has 18 heavy (non-hydrogen) atoms. The number of pyridine rings is 1. The summed E-state index contributed by atoms with van der Waals surface area (Å²) in [6, 6.07) is 3.41. The van der Waals surface area contributed by atoms with E-state index in [1.807, 2.05) is 5.38 Å². The molecule has 0 aliphatic rings. The van der Waals surface area contributed by atoms with Gasteiger partial charge in [-0.05, 0) is 12.1 Å². The Kier molecular flexibility index (Phi) is 4.25. The summed E-state index contributed by atoms with van der Waals surface area (Å²) in [6.45, 7) is 0.583. The number of rotatable bonds is 5. The molecule has 0 bridgehead atoms. The van der Waals surface area contributed by atoms with Crippen molar-refractivity contribution in [1.29, 1.82) is 0 Å². The van der Waals surface area contributed by atoms with E-state index in [2.05, 4.69) is 20.6 Å². The average Bonchev–Trinajstić information content (AvgIpc) is 2.92. The van der Waals surface area contributed by atoms with Crippen LogP contribution in [0.1, 0.15) is 16.1 Å². The van der Waals surface area contributed by atoms with E-state index in [9.17, 15) is 4.79 Å².